The zero-order chi connectivity index (χ0) is 16.1. The van der Waals surface area contributed by atoms with E-state index in [1.165, 1.54) is 37.5 Å². The van der Waals surface area contributed by atoms with E-state index < -0.39 is 0 Å². The largest absolute Gasteiger partial charge is 0.502 e. The highest BCUT2D eigenvalue weighted by atomic mass is 16.5. The fourth-order valence-electron chi connectivity index (χ4n) is 2.02. The third kappa shape index (κ3) is 3.46. The van der Waals surface area contributed by atoms with Gasteiger partial charge in [0.2, 0.25) is 5.75 Å². The lowest BCUT2D eigenvalue weighted by Gasteiger charge is -2.18. The summed E-state index contributed by atoms with van der Waals surface area (Å²) < 4.78 is 10.1. The third-order valence-electron chi connectivity index (χ3n) is 3.24. The van der Waals surface area contributed by atoms with Crippen molar-refractivity contribution in [1.29, 1.82) is 0 Å². The van der Waals surface area contributed by atoms with Crippen LogP contribution in [0.3, 0.4) is 0 Å². The Kier molecular flexibility index (Phi) is 4.83. The molecule has 1 aromatic carbocycles. The van der Waals surface area contributed by atoms with Crippen LogP contribution in [0.5, 0.6) is 17.2 Å². The van der Waals surface area contributed by atoms with Crippen molar-refractivity contribution in [2.45, 2.75) is 6.42 Å². The summed E-state index contributed by atoms with van der Waals surface area (Å²) in [5, 5.41) is 9.83. The lowest BCUT2D eigenvalue weighted by atomic mass is 10.1. The Balaban J connectivity index is 2.17. The van der Waals surface area contributed by atoms with E-state index in [-0.39, 0.29) is 28.9 Å². The zero-order valence-corrected chi connectivity index (χ0v) is 12.4. The van der Waals surface area contributed by atoms with Crippen molar-refractivity contribution >= 4 is 17.8 Å². The standard InChI is InChI=1S/C16H17NO5/c1-21-13-9-11(10-14(22-2)16(13)20)3-4-15(19)17-7-5-12(18)6-8-17/h3-5,7,9-10,20H,6,8H2,1-2H3/b4-3+. The summed E-state index contributed by atoms with van der Waals surface area (Å²) in [6.45, 7) is 0.376. The van der Waals surface area contributed by atoms with Crippen molar-refractivity contribution in [1.82, 2.24) is 4.90 Å². The number of methoxy groups -OCH3 is 2. The van der Waals surface area contributed by atoms with E-state index in [1.54, 1.807) is 18.2 Å². The third-order valence-corrected chi connectivity index (χ3v) is 3.24. The first kappa shape index (κ1) is 15.6. The van der Waals surface area contributed by atoms with Gasteiger partial charge in [0.05, 0.1) is 14.2 Å². The number of hydrogen-bond acceptors (Lipinski definition) is 5. The van der Waals surface area contributed by atoms with Crippen LogP contribution in [0.2, 0.25) is 0 Å². The van der Waals surface area contributed by atoms with Crippen LogP contribution in [-0.4, -0.2) is 42.5 Å². The molecule has 0 fully saturated rings. The molecule has 116 valence electrons. The zero-order valence-electron chi connectivity index (χ0n) is 12.4. The number of carbonyl (C=O) groups excluding carboxylic acids is 2. The van der Waals surface area contributed by atoms with Gasteiger partial charge in [-0.25, -0.2) is 0 Å². The minimum absolute atomic E-state index is 0.0148. The predicted molar refractivity (Wildman–Crippen MR) is 80.7 cm³/mol. The van der Waals surface area contributed by atoms with E-state index in [4.69, 9.17) is 9.47 Å². The van der Waals surface area contributed by atoms with Crippen LogP contribution in [-0.2, 0) is 9.59 Å². The van der Waals surface area contributed by atoms with Gasteiger partial charge in [-0.15, -0.1) is 0 Å². The molecule has 1 N–H and O–H groups in total. The summed E-state index contributed by atoms with van der Waals surface area (Å²) in [5.41, 5.74) is 0.650. The van der Waals surface area contributed by atoms with E-state index in [0.717, 1.165) is 0 Å². The molecule has 0 saturated carbocycles. The molecule has 1 aliphatic heterocycles. The van der Waals surface area contributed by atoms with Gasteiger partial charge in [-0.05, 0) is 29.8 Å². The summed E-state index contributed by atoms with van der Waals surface area (Å²) in [5.74, 6) is 0.214. The number of nitrogens with zero attached hydrogens (tertiary/aromatic N) is 1. The Labute approximate surface area is 128 Å². The average Bonchev–Trinajstić information content (AvgIpc) is 2.54. The molecular formula is C16H17NO5. The number of rotatable bonds is 4. The smallest absolute Gasteiger partial charge is 0.250 e. The number of benzene rings is 1. The van der Waals surface area contributed by atoms with Gasteiger partial charge in [0.25, 0.3) is 5.91 Å². The summed E-state index contributed by atoms with van der Waals surface area (Å²) >= 11 is 0. The van der Waals surface area contributed by atoms with Gasteiger partial charge in [-0.2, -0.15) is 0 Å². The minimum Gasteiger partial charge on any atom is -0.502 e. The molecule has 6 nitrogen and oxygen atoms in total. The monoisotopic (exact) mass is 303 g/mol. The van der Waals surface area contributed by atoms with Gasteiger partial charge in [0, 0.05) is 25.2 Å². The SMILES string of the molecule is COc1cc(/C=C/C(=O)N2C=CC(=O)CC2)cc(OC)c1O. The number of carbonyl (C=O) groups is 2. The molecule has 6 heteroatoms. The molecule has 1 amide bonds. The van der Waals surface area contributed by atoms with Crippen molar-refractivity contribution in [3.8, 4) is 17.2 Å². The first-order valence-corrected chi connectivity index (χ1v) is 6.70. The highest BCUT2D eigenvalue weighted by molar-refractivity contribution is 5.96. The van der Waals surface area contributed by atoms with Crippen LogP contribution in [0.25, 0.3) is 6.08 Å². The molecule has 0 bridgehead atoms. The topological polar surface area (TPSA) is 76.1 Å². The van der Waals surface area contributed by atoms with Crippen molar-refractivity contribution in [2.24, 2.45) is 0 Å². The molecule has 2 rings (SSSR count). The highest BCUT2D eigenvalue weighted by Gasteiger charge is 2.14. The molecule has 0 unspecified atom stereocenters. The van der Waals surface area contributed by atoms with Gasteiger partial charge < -0.3 is 19.5 Å². The maximum atomic E-state index is 12.0. The van der Waals surface area contributed by atoms with E-state index in [0.29, 0.717) is 18.5 Å². The lowest BCUT2D eigenvalue weighted by Crippen LogP contribution is -2.29. The maximum Gasteiger partial charge on any atom is 0.250 e. The number of aromatic hydroxyl groups is 1. The Morgan fingerprint density at radius 2 is 1.91 bits per heavy atom. The number of ether oxygens (including phenoxy) is 2. The summed E-state index contributed by atoms with van der Waals surface area (Å²) in [6, 6.07) is 3.19. The summed E-state index contributed by atoms with van der Waals surface area (Å²) in [7, 11) is 2.87. The van der Waals surface area contributed by atoms with E-state index in [2.05, 4.69) is 0 Å². The molecule has 0 radical (unpaired) electrons. The minimum atomic E-state index is -0.227. The molecule has 1 aliphatic rings. The van der Waals surface area contributed by atoms with E-state index >= 15 is 0 Å². The van der Waals surface area contributed by atoms with Crippen LogP contribution < -0.4 is 9.47 Å². The van der Waals surface area contributed by atoms with Gasteiger partial charge >= 0.3 is 0 Å². The first-order valence-electron chi connectivity index (χ1n) is 6.70. The second kappa shape index (κ2) is 6.80. The highest BCUT2D eigenvalue weighted by Crippen LogP contribution is 2.37. The van der Waals surface area contributed by atoms with Crippen LogP contribution in [0.4, 0.5) is 0 Å². The molecule has 0 spiro atoms. The molecule has 0 atom stereocenters. The molecule has 0 saturated heterocycles. The van der Waals surface area contributed by atoms with E-state index in [9.17, 15) is 14.7 Å². The molecule has 22 heavy (non-hydrogen) atoms. The number of phenolic OH excluding ortho intramolecular Hbond substituents is 1. The van der Waals surface area contributed by atoms with Gasteiger partial charge in [0.1, 0.15) is 0 Å². The Morgan fingerprint density at radius 1 is 1.27 bits per heavy atom. The van der Waals surface area contributed by atoms with Crippen molar-refractivity contribution in [3.63, 3.8) is 0 Å². The lowest BCUT2D eigenvalue weighted by molar-refractivity contribution is -0.124. The number of ketones is 1. The quantitative estimate of drug-likeness (QED) is 0.857. The number of allylic oxidation sites excluding steroid dienone is 1. The fraction of sp³-hybridized carbons (Fsp3) is 0.250. The second-order valence-corrected chi connectivity index (χ2v) is 4.67. The Hall–Kier alpha value is -2.76. The number of hydrogen-bond donors (Lipinski definition) is 1. The summed E-state index contributed by atoms with van der Waals surface area (Å²) in [6.07, 6.45) is 6.19. The fourth-order valence-corrected chi connectivity index (χ4v) is 2.02. The number of amides is 1. The first-order chi connectivity index (χ1) is 10.5. The maximum absolute atomic E-state index is 12.0. The molecule has 1 aromatic rings. The van der Waals surface area contributed by atoms with Crippen molar-refractivity contribution in [3.05, 3.63) is 36.0 Å². The van der Waals surface area contributed by atoms with Crippen LogP contribution in [0, 0.1) is 0 Å². The molecule has 0 aromatic heterocycles. The van der Waals surface area contributed by atoms with Crippen molar-refractivity contribution in [2.75, 3.05) is 20.8 Å². The Morgan fingerprint density at radius 3 is 2.41 bits per heavy atom. The number of phenols is 1. The summed E-state index contributed by atoms with van der Waals surface area (Å²) in [4.78, 5) is 24.6. The van der Waals surface area contributed by atoms with E-state index in [1.807, 2.05) is 0 Å². The van der Waals surface area contributed by atoms with Gasteiger partial charge in [0.15, 0.2) is 17.3 Å². The van der Waals surface area contributed by atoms with Crippen LogP contribution in [0.15, 0.2) is 30.5 Å². The normalized spacial score (nSPS) is 14.5. The predicted octanol–water partition coefficient (Wildman–Crippen LogP) is 1.74. The second-order valence-electron chi connectivity index (χ2n) is 4.67. The van der Waals surface area contributed by atoms with Crippen LogP contribution in [0.1, 0.15) is 12.0 Å². The van der Waals surface area contributed by atoms with Gasteiger partial charge in [-0.3, -0.25) is 9.59 Å². The Bertz CT molecular complexity index is 623. The van der Waals surface area contributed by atoms with Gasteiger partial charge in [-0.1, -0.05) is 0 Å². The average molecular weight is 303 g/mol. The molecule has 0 aliphatic carbocycles. The van der Waals surface area contributed by atoms with Crippen molar-refractivity contribution < 1.29 is 24.2 Å². The van der Waals surface area contributed by atoms with Crippen LogP contribution >= 0.6 is 0 Å². The molecular weight excluding hydrogens is 286 g/mol. The molecule has 1 heterocycles.